The molecule has 0 fully saturated rings. The molecule has 0 radical (unpaired) electrons. The van der Waals surface area contributed by atoms with Crippen molar-refractivity contribution in [3.63, 3.8) is 0 Å². The van der Waals surface area contributed by atoms with E-state index >= 15 is 0 Å². The number of carbonyl (C=O) groups excluding carboxylic acids is 4. The molecule has 2 aromatic carbocycles. The van der Waals surface area contributed by atoms with Crippen LogP contribution in [-0.2, 0) is 32.1 Å². The van der Waals surface area contributed by atoms with E-state index in [4.69, 9.17) is 20.4 Å². The molecule has 0 unspecified atom stereocenters. The summed E-state index contributed by atoms with van der Waals surface area (Å²) in [6.07, 6.45) is 0.818. The van der Waals surface area contributed by atoms with E-state index < -0.39 is 42.5 Å². The molecule has 3 rings (SSSR count). The first-order chi connectivity index (χ1) is 20.0. The smallest absolute Gasteiger partial charge is 0.281 e. The van der Waals surface area contributed by atoms with E-state index in [2.05, 4.69) is 10.6 Å². The van der Waals surface area contributed by atoms with Gasteiger partial charge in [0.2, 0.25) is 17.7 Å². The number of benzene rings is 2. The Morgan fingerprint density at radius 3 is 2.28 bits per heavy atom. The zero-order valence-electron chi connectivity index (χ0n) is 25.1. The molecule has 13 heteroatoms. The van der Waals surface area contributed by atoms with Crippen LogP contribution in [0.4, 0.5) is 5.69 Å². The van der Waals surface area contributed by atoms with Gasteiger partial charge in [0, 0.05) is 18.7 Å². The molecule has 1 aliphatic rings. The second kappa shape index (κ2) is 16.1. The van der Waals surface area contributed by atoms with Crippen LogP contribution < -0.4 is 31.3 Å². The fraction of sp³-hybridized carbons (Fsp3) is 0.467. The largest absolute Gasteiger partial charge is 0.497 e. The number of amides is 4. The fourth-order valence-electron chi connectivity index (χ4n) is 4.61. The van der Waals surface area contributed by atoms with Crippen LogP contribution in [0.1, 0.15) is 45.2 Å². The Labute approximate surface area is 258 Å². The average molecular weight is 620 g/mol. The van der Waals surface area contributed by atoms with Crippen LogP contribution in [0.5, 0.6) is 11.5 Å². The van der Waals surface area contributed by atoms with Crippen LogP contribution in [0, 0.1) is 11.8 Å². The fourth-order valence-corrected chi connectivity index (χ4v) is 4.61. The van der Waals surface area contributed by atoms with E-state index in [1.807, 2.05) is 27.7 Å². The van der Waals surface area contributed by atoms with Gasteiger partial charge in [0.05, 0.1) is 13.2 Å². The minimum Gasteiger partial charge on any atom is -0.497 e. The zero-order chi connectivity index (χ0) is 31.0. The van der Waals surface area contributed by atoms with E-state index in [9.17, 15) is 19.2 Å². The van der Waals surface area contributed by atoms with Gasteiger partial charge in [-0.05, 0) is 59.4 Å². The van der Waals surface area contributed by atoms with Crippen molar-refractivity contribution >= 4 is 41.7 Å². The Bertz CT molecular complexity index is 1270. The summed E-state index contributed by atoms with van der Waals surface area (Å²) >= 11 is 0. The molecule has 6 N–H and O–H groups in total. The number of ether oxygens (including phenoxy) is 2. The number of nitrogens with one attached hydrogen (secondary N) is 3. The number of nitrogens with zero attached hydrogens (tertiary/aromatic N) is 1. The predicted octanol–water partition coefficient (Wildman–Crippen LogP) is 2.41. The Morgan fingerprint density at radius 1 is 1.05 bits per heavy atom. The highest BCUT2D eigenvalue weighted by Crippen LogP contribution is 2.29. The summed E-state index contributed by atoms with van der Waals surface area (Å²) in [5.74, 6) is -1.30. The number of nitrogens with two attached hydrogens (primary N) is 1. The number of hydrogen-bond donors (Lipinski definition) is 5. The Morgan fingerprint density at radius 2 is 1.70 bits per heavy atom. The van der Waals surface area contributed by atoms with Crippen molar-refractivity contribution in [2.75, 3.05) is 19.0 Å². The van der Waals surface area contributed by atoms with Gasteiger partial charge in [-0.2, -0.15) is 0 Å². The summed E-state index contributed by atoms with van der Waals surface area (Å²) in [7, 11) is 1.55. The molecule has 1 heterocycles. The van der Waals surface area contributed by atoms with E-state index in [0.29, 0.717) is 23.6 Å². The number of fused-ring (bicyclic) bond motifs is 1. The lowest BCUT2D eigenvalue weighted by molar-refractivity contribution is -0.144. The van der Waals surface area contributed by atoms with Crippen molar-refractivity contribution in [3.8, 4) is 11.5 Å². The van der Waals surface area contributed by atoms with E-state index in [0.717, 1.165) is 11.1 Å². The van der Waals surface area contributed by atoms with Crippen LogP contribution in [0.15, 0.2) is 42.5 Å². The summed E-state index contributed by atoms with van der Waals surface area (Å²) in [6, 6.07) is 9.43. The van der Waals surface area contributed by atoms with Crippen molar-refractivity contribution in [3.05, 3.63) is 53.6 Å². The number of rotatable bonds is 12. The molecular formula is C30H42ClN5O7. The number of hydroxylamine groups is 1. The molecule has 4 amide bonds. The molecule has 4 atom stereocenters. The lowest BCUT2D eigenvalue weighted by atomic mass is 9.90. The second-order valence-corrected chi connectivity index (χ2v) is 10.8. The summed E-state index contributed by atoms with van der Waals surface area (Å²) in [5.41, 5.74) is 9.70. The van der Waals surface area contributed by atoms with Gasteiger partial charge >= 0.3 is 0 Å². The monoisotopic (exact) mass is 619 g/mol. The van der Waals surface area contributed by atoms with E-state index in [1.54, 1.807) is 49.6 Å². The third-order valence-corrected chi connectivity index (χ3v) is 7.54. The standard InChI is InChI=1S/C30H41N5O7.ClH/c1-6-18(4)27(33-29(38)26(31)17(2)3)30(39)35-15-20-13-23(42-16-25(36)34-40)10-7-19(20)14-24(35)28(37)32-21-8-11-22(41-5)12-9-21;/h7-13,17-18,24,26-27,40H,6,14-16,31H2,1-5H3,(H,32,37)(H,33,38)(H,34,36);1H/t18-,24-,26-,27-;/m0./s1. The van der Waals surface area contributed by atoms with Crippen molar-refractivity contribution in [1.29, 1.82) is 0 Å². The Kier molecular flexibility index (Phi) is 13.2. The lowest BCUT2D eigenvalue weighted by Gasteiger charge is -2.39. The highest BCUT2D eigenvalue weighted by Gasteiger charge is 2.40. The van der Waals surface area contributed by atoms with Gasteiger partial charge in [-0.1, -0.05) is 40.2 Å². The molecular weight excluding hydrogens is 578 g/mol. The third-order valence-electron chi connectivity index (χ3n) is 7.54. The first-order valence-electron chi connectivity index (χ1n) is 14.0. The third kappa shape index (κ3) is 9.06. The van der Waals surface area contributed by atoms with Gasteiger partial charge in [-0.3, -0.25) is 24.4 Å². The number of carbonyl (C=O) groups is 4. The number of halogens is 1. The number of methoxy groups -OCH3 is 1. The molecule has 2 aromatic rings. The van der Waals surface area contributed by atoms with Gasteiger partial charge < -0.3 is 30.7 Å². The Hall–Kier alpha value is -3.87. The van der Waals surface area contributed by atoms with Gasteiger partial charge in [0.15, 0.2) is 6.61 Å². The van der Waals surface area contributed by atoms with Gasteiger partial charge in [-0.25, -0.2) is 5.48 Å². The van der Waals surface area contributed by atoms with Crippen LogP contribution in [-0.4, -0.2) is 65.6 Å². The summed E-state index contributed by atoms with van der Waals surface area (Å²) in [6.45, 7) is 7.11. The first kappa shape index (κ1) is 35.3. The molecule has 0 aromatic heterocycles. The second-order valence-electron chi connectivity index (χ2n) is 10.8. The molecule has 0 bridgehead atoms. The molecule has 0 saturated carbocycles. The first-order valence-corrected chi connectivity index (χ1v) is 14.0. The van der Waals surface area contributed by atoms with Crippen LogP contribution in [0.25, 0.3) is 0 Å². The van der Waals surface area contributed by atoms with Gasteiger partial charge in [-0.15, -0.1) is 12.4 Å². The van der Waals surface area contributed by atoms with Crippen molar-refractivity contribution in [2.45, 2.75) is 65.2 Å². The molecule has 1 aliphatic heterocycles. The molecule has 0 aliphatic carbocycles. The molecule has 43 heavy (non-hydrogen) atoms. The quantitative estimate of drug-likeness (QED) is 0.178. The number of anilines is 1. The molecule has 0 spiro atoms. The van der Waals surface area contributed by atoms with Gasteiger partial charge in [0.1, 0.15) is 23.6 Å². The minimum atomic E-state index is -0.905. The van der Waals surface area contributed by atoms with Crippen molar-refractivity contribution in [1.82, 2.24) is 15.7 Å². The van der Waals surface area contributed by atoms with Gasteiger partial charge in [0.25, 0.3) is 5.91 Å². The summed E-state index contributed by atoms with van der Waals surface area (Å²) in [5, 5.41) is 14.5. The number of hydrogen-bond acceptors (Lipinski definition) is 8. The summed E-state index contributed by atoms with van der Waals surface area (Å²) in [4.78, 5) is 53.7. The SMILES string of the molecule is CC[C@H](C)[C@H](NC(=O)[C@@H](N)C(C)C)C(=O)N1Cc2cc(OCC(=O)NO)ccc2C[C@H]1C(=O)Nc1ccc(OC)cc1.Cl. The van der Waals surface area contributed by atoms with Crippen LogP contribution >= 0.6 is 12.4 Å². The van der Waals surface area contributed by atoms with Crippen molar-refractivity contribution < 1.29 is 33.9 Å². The maximum atomic E-state index is 14.2. The van der Waals surface area contributed by atoms with E-state index in [1.165, 1.54) is 10.4 Å². The highest BCUT2D eigenvalue weighted by molar-refractivity contribution is 5.99. The van der Waals surface area contributed by atoms with E-state index in [-0.39, 0.29) is 43.1 Å². The lowest BCUT2D eigenvalue weighted by Crippen LogP contribution is -2.60. The summed E-state index contributed by atoms with van der Waals surface area (Å²) < 4.78 is 10.7. The topological polar surface area (TPSA) is 172 Å². The zero-order valence-corrected chi connectivity index (χ0v) is 25.9. The molecule has 0 saturated heterocycles. The van der Waals surface area contributed by atoms with Crippen molar-refractivity contribution in [2.24, 2.45) is 17.6 Å². The molecule has 236 valence electrons. The van der Waals surface area contributed by atoms with Crippen LogP contribution in [0.2, 0.25) is 0 Å². The average Bonchev–Trinajstić information content (AvgIpc) is 3.00. The maximum absolute atomic E-state index is 14.2. The highest BCUT2D eigenvalue weighted by atomic mass is 35.5. The Balaban J connectivity index is 0.00000645. The molecule has 12 nitrogen and oxygen atoms in total. The predicted molar refractivity (Wildman–Crippen MR) is 163 cm³/mol. The normalized spacial score (nSPS) is 16.1. The minimum absolute atomic E-state index is 0. The maximum Gasteiger partial charge on any atom is 0.281 e. The van der Waals surface area contributed by atoms with Crippen LogP contribution in [0.3, 0.4) is 0 Å².